The Morgan fingerprint density at radius 3 is 2.78 bits per heavy atom. The maximum Gasteiger partial charge on any atom is 0.244 e. The van der Waals surface area contributed by atoms with E-state index in [0.29, 0.717) is 38.4 Å². The van der Waals surface area contributed by atoms with E-state index in [1.165, 1.54) is 10.5 Å². The lowest BCUT2D eigenvalue weighted by molar-refractivity contribution is -0.121. The van der Waals surface area contributed by atoms with Gasteiger partial charge in [-0.25, -0.2) is 8.42 Å². The third-order valence-electron chi connectivity index (χ3n) is 4.01. The Bertz CT molecular complexity index is 623. The van der Waals surface area contributed by atoms with Crippen LogP contribution in [0.5, 0.6) is 0 Å². The molecule has 0 unspecified atom stereocenters. The Labute approximate surface area is 137 Å². The first-order valence-electron chi connectivity index (χ1n) is 7.82. The summed E-state index contributed by atoms with van der Waals surface area (Å²) in [6.45, 7) is 5.15. The van der Waals surface area contributed by atoms with E-state index in [-0.39, 0.29) is 10.8 Å². The minimum atomic E-state index is -3.46. The van der Waals surface area contributed by atoms with Crippen molar-refractivity contribution < 1.29 is 13.2 Å². The number of aromatic nitrogens is 1. The average molecular weight is 337 g/mol. The van der Waals surface area contributed by atoms with Gasteiger partial charge in [0.15, 0.2) is 0 Å². The van der Waals surface area contributed by atoms with Crippen molar-refractivity contribution in [3.8, 4) is 0 Å². The first-order chi connectivity index (χ1) is 11.0. The van der Waals surface area contributed by atoms with E-state index in [4.69, 9.17) is 0 Å². The molecule has 0 saturated carbocycles. The normalized spacial score (nSPS) is 16.9. The molecule has 0 spiro atoms. The summed E-state index contributed by atoms with van der Waals surface area (Å²) in [6.07, 6.45) is 7.29. The lowest BCUT2D eigenvalue weighted by atomic mass is 9.98. The van der Waals surface area contributed by atoms with Crippen LogP contribution < -0.4 is 5.32 Å². The van der Waals surface area contributed by atoms with Gasteiger partial charge in [-0.1, -0.05) is 6.08 Å². The highest BCUT2D eigenvalue weighted by Crippen LogP contribution is 2.22. The van der Waals surface area contributed by atoms with Gasteiger partial charge in [-0.15, -0.1) is 6.58 Å². The summed E-state index contributed by atoms with van der Waals surface area (Å²) in [5.74, 6) is 0.346. The van der Waals surface area contributed by atoms with Gasteiger partial charge in [0.05, 0.1) is 0 Å². The number of hydrogen-bond donors (Lipinski definition) is 1. The topological polar surface area (TPSA) is 79.4 Å². The Kier molecular flexibility index (Phi) is 6.29. The zero-order valence-corrected chi connectivity index (χ0v) is 14.0. The van der Waals surface area contributed by atoms with Crippen LogP contribution in [0, 0.1) is 5.92 Å². The van der Waals surface area contributed by atoms with Crippen molar-refractivity contribution >= 4 is 15.9 Å². The van der Waals surface area contributed by atoms with Crippen LogP contribution in [-0.4, -0.2) is 43.2 Å². The summed E-state index contributed by atoms with van der Waals surface area (Å²) in [4.78, 5) is 15.7. The summed E-state index contributed by atoms with van der Waals surface area (Å²) >= 11 is 0. The van der Waals surface area contributed by atoms with Crippen LogP contribution in [0.25, 0.3) is 0 Å². The van der Waals surface area contributed by atoms with Crippen LogP contribution in [0.2, 0.25) is 0 Å². The first kappa shape index (κ1) is 17.6. The quantitative estimate of drug-likeness (QED) is 0.766. The molecular weight excluding hydrogens is 314 g/mol. The van der Waals surface area contributed by atoms with Gasteiger partial charge in [-0.05, 0) is 37.3 Å². The molecule has 7 heteroatoms. The highest BCUT2D eigenvalue weighted by Gasteiger charge is 2.29. The van der Waals surface area contributed by atoms with Crippen LogP contribution >= 0.6 is 0 Å². The maximum absolute atomic E-state index is 12.5. The van der Waals surface area contributed by atoms with E-state index in [1.807, 2.05) is 0 Å². The van der Waals surface area contributed by atoms with Crippen LogP contribution in [0.1, 0.15) is 25.7 Å². The first-order valence-corrected chi connectivity index (χ1v) is 9.26. The monoisotopic (exact) mass is 337 g/mol. The fraction of sp³-hybridized carbons (Fsp3) is 0.500. The van der Waals surface area contributed by atoms with Crippen molar-refractivity contribution in [3.63, 3.8) is 0 Å². The molecule has 1 saturated heterocycles. The van der Waals surface area contributed by atoms with Crippen molar-refractivity contribution in [1.82, 2.24) is 14.6 Å². The highest BCUT2D eigenvalue weighted by molar-refractivity contribution is 7.89. The lowest BCUT2D eigenvalue weighted by Crippen LogP contribution is -2.41. The summed E-state index contributed by atoms with van der Waals surface area (Å²) in [6, 6.07) is 3.19. The van der Waals surface area contributed by atoms with Gasteiger partial charge in [-0.2, -0.15) is 4.31 Å². The van der Waals surface area contributed by atoms with Crippen LogP contribution in [0.4, 0.5) is 0 Å². The van der Waals surface area contributed by atoms with Crippen LogP contribution in [0.15, 0.2) is 42.1 Å². The molecule has 23 heavy (non-hydrogen) atoms. The van der Waals surface area contributed by atoms with Gasteiger partial charge in [0.25, 0.3) is 0 Å². The molecule has 1 aliphatic heterocycles. The Morgan fingerprint density at radius 2 is 2.17 bits per heavy atom. The summed E-state index contributed by atoms with van der Waals surface area (Å²) < 4.78 is 26.5. The zero-order chi connectivity index (χ0) is 16.7. The standard InChI is InChI=1S/C16H23N3O3S/c1-2-3-6-16(20)18-12-14-7-10-19(11-8-14)23(21,22)15-5-4-9-17-13-15/h2,4-5,9,13-14H,1,3,6-8,10-12H2,(H,18,20). The van der Waals surface area contributed by atoms with Crippen molar-refractivity contribution in [2.75, 3.05) is 19.6 Å². The van der Waals surface area contributed by atoms with Gasteiger partial charge in [0.2, 0.25) is 15.9 Å². The maximum atomic E-state index is 12.5. The molecule has 1 fully saturated rings. The van der Waals surface area contributed by atoms with E-state index >= 15 is 0 Å². The Morgan fingerprint density at radius 1 is 1.43 bits per heavy atom. The number of allylic oxidation sites excluding steroid dienone is 1. The zero-order valence-electron chi connectivity index (χ0n) is 13.1. The minimum absolute atomic E-state index is 0.0234. The molecular formula is C16H23N3O3S. The molecule has 0 bridgehead atoms. The van der Waals surface area contributed by atoms with Crippen molar-refractivity contribution in [2.45, 2.75) is 30.6 Å². The number of carbonyl (C=O) groups excluding carboxylic acids is 1. The van der Waals surface area contributed by atoms with E-state index in [2.05, 4.69) is 16.9 Å². The molecule has 0 radical (unpaired) electrons. The van der Waals surface area contributed by atoms with E-state index < -0.39 is 10.0 Å². The molecule has 1 aromatic heterocycles. The molecule has 1 aliphatic rings. The number of pyridine rings is 1. The molecule has 0 aliphatic carbocycles. The molecule has 1 N–H and O–H groups in total. The number of hydrogen-bond acceptors (Lipinski definition) is 4. The molecule has 126 valence electrons. The van der Waals surface area contributed by atoms with Gasteiger partial charge < -0.3 is 5.32 Å². The molecule has 1 amide bonds. The van der Waals surface area contributed by atoms with Gasteiger partial charge in [-0.3, -0.25) is 9.78 Å². The second kappa shape index (κ2) is 8.21. The highest BCUT2D eigenvalue weighted by atomic mass is 32.2. The van der Waals surface area contributed by atoms with E-state index in [0.717, 1.165) is 12.8 Å². The molecule has 2 rings (SSSR count). The lowest BCUT2D eigenvalue weighted by Gasteiger charge is -2.31. The molecule has 0 aromatic carbocycles. The number of amides is 1. The van der Waals surface area contributed by atoms with Crippen LogP contribution in [0.3, 0.4) is 0 Å². The van der Waals surface area contributed by atoms with Crippen LogP contribution in [-0.2, 0) is 14.8 Å². The molecule has 2 heterocycles. The molecule has 0 atom stereocenters. The number of nitrogens with zero attached hydrogens (tertiary/aromatic N) is 2. The summed E-state index contributed by atoms with van der Waals surface area (Å²) in [5.41, 5.74) is 0. The smallest absolute Gasteiger partial charge is 0.244 e. The number of sulfonamides is 1. The van der Waals surface area contributed by atoms with Gasteiger partial charge >= 0.3 is 0 Å². The number of nitrogens with one attached hydrogen (secondary N) is 1. The van der Waals surface area contributed by atoms with Gasteiger partial charge in [0.1, 0.15) is 4.90 Å². The summed E-state index contributed by atoms with van der Waals surface area (Å²) in [7, 11) is -3.46. The number of carbonyl (C=O) groups is 1. The predicted molar refractivity (Wildman–Crippen MR) is 88.2 cm³/mol. The fourth-order valence-electron chi connectivity index (χ4n) is 2.58. The third-order valence-corrected chi connectivity index (χ3v) is 5.89. The van der Waals surface area contributed by atoms with Crippen molar-refractivity contribution in [1.29, 1.82) is 0 Å². The second-order valence-electron chi connectivity index (χ2n) is 5.67. The molecule has 1 aromatic rings. The number of piperidine rings is 1. The fourth-order valence-corrected chi connectivity index (χ4v) is 4.02. The Balaban J connectivity index is 1.82. The SMILES string of the molecule is C=CCCC(=O)NCC1CCN(S(=O)(=O)c2cccnc2)CC1. The van der Waals surface area contributed by atoms with Crippen molar-refractivity contribution in [3.05, 3.63) is 37.2 Å². The largest absolute Gasteiger partial charge is 0.356 e. The minimum Gasteiger partial charge on any atom is -0.356 e. The second-order valence-corrected chi connectivity index (χ2v) is 7.61. The molecule has 6 nitrogen and oxygen atoms in total. The van der Waals surface area contributed by atoms with Gasteiger partial charge in [0, 0.05) is 38.4 Å². The van der Waals surface area contributed by atoms with E-state index in [1.54, 1.807) is 24.4 Å². The van der Waals surface area contributed by atoms with Crippen molar-refractivity contribution in [2.24, 2.45) is 5.92 Å². The van der Waals surface area contributed by atoms with E-state index in [9.17, 15) is 13.2 Å². The average Bonchev–Trinajstić information content (AvgIpc) is 2.59. The summed E-state index contributed by atoms with van der Waals surface area (Å²) in [5, 5.41) is 2.91. The predicted octanol–water partition coefficient (Wildman–Crippen LogP) is 1.56. The third kappa shape index (κ3) is 4.87. The number of rotatable bonds is 7. The Hall–Kier alpha value is -1.73.